The van der Waals surface area contributed by atoms with Crippen molar-refractivity contribution in [3.63, 3.8) is 0 Å². The van der Waals surface area contributed by atoms with E-state index in [1.165, 1.54) is 18.5 Å². The molecule has 0 saturated heterocycles. The van der Waals surface area contributed by atoms with Crippen LogP contribution in [0.2, 0.25) is 5.02 Å². The van der Waals surface area contributed by atoms with Gasteiger partial charge in [-0.1, -0.05) is 23.7 Å². The van der Waals surface area contributed by atoms with Crippen molar-refractivity contribution in [2.24, 2.45) is 0 Å². The van der Waals surface area contributed by atoms with Gasteiger partial charge in [0.05, 0.1) is 10.7 Å². The Kier molecular flexibility index (Phi) is 3.89. The summed E-state index contributed by atoms with van der Waals surface area (Å²) < 4.78 is 27.3. The van der Waals surface area contributed by atoms with Gasteiger partial charge >= 0.3 is 0 Å². The Morgan fingerprint density at radius 1 is 1.22 bits per heavy atom. The predicted octanol–water partition coefficient (Wildman–Crippen LogP) is 3.30. The van der Waals surface area contributed by atoms with Gasteiger partial charge in [0.2, 0.25) is 0 Å². The second-order valence-corrected chi connectivity index (χ2v) is 6.30. The zero-order valence-electron chi connectivity index (χ0n) is 8.97. The number of nitrogens with zero attached hydrogens (tertiary/aromatic N) is 1. The zero-order valence-corrected chi connectivity index (χ0v) is 12.1. The Bertz CT molecular complexity index is 676. The van der Waals surface area contributed by atoms with E-state index in [4.69, 9.17) is 11.6 Å². The van der Waals surface area contributed by atoms with E-state index in [2.05, 4.69) is 25.6 Å². The average molecular weight is 348 g/mol. The Morgan fingerprint density at radius 2 is 1.94 bits per heavy atom. The molecule has 1 aromatic heterocycles. The maximum Gasteiger partial charge on any atom is 0.264 e. The van der Waals surface area contributed by atoms with Crippen LogP contribution in [0, 0.1) is 0 Å². The zero-order chi connectivity index (χ0) is 13.2. The van der Waals surface area contributed by atoms with E-state index in [0.29, 0.717) is 10.2 Å². The van der Waals surface area contributed by atoms with Crippen LogP contribution >= 0.6 is 27.5 Å². The summed E-state index contributed by atoms with van der Waals surface area (Å²) in [4.78, 5) is 3.71. The molecule has 0 aliphatic carbocycles. The van der Waals surface area contributed by atoms with E-state index in [-0.39, 0.29) is 9.92 Å². The Labute approximate surface area is 118 Å². The third-order valence-electron chi connectivity index (χ3n) is 2.14. The smallest absolute Gasteiger partial charge is 0.264 e. The van der Waals surface area contributed by atoms with Crippen molar-refractivity contribution in [1.82, 2.24) is 4.98 Å². The summed E-state index contributed by atoms with van der Waals surface area (Å²) in [7, 11) is -3.74. The van der Waals surface area contributed by atoms with Crippen LogP contribution in [0.3, 0.4) is 0 Å². The third kappa shape index (κ3) is 2.82. The molecule has 0 fully saturated rings. The second kappa shape index (κ2) is 5.26. The first-order valence-electron chi connectivity index (χ1n) is 4.87. The summed E-state index contributed by atoms with van der Waals surface area (Å²) >= 11 is 9.11. The normalized spacial score (nSPS) is 11.2. The SMILES string of the molecule is O=S(=O)(Nc1ccccc1Br)c1cnccc1Cl. The molecule has 1 N–H and O–H groups in total. The number of aromatic nitrogens is 1. The van der Waals surface area contributed by atoms with Gasteiger partial charge in [0.25, 0.3) is 10.0 Å². The van der Waals surface area contributed by atoms with Crippen LogP contribution in [0.4, 0.5) is 5.69 Å². The second-order valence-electron chi connectivity index (χ2n) is 3.39. The maximum atomic E-state index is 12.1. The van der Waals surface area contributed by atoms with Crippen LogP contribution < -0.4 is 4.72 Å². The van der Waals surface area contributed by atoms with E-state index in [0.717, 1.165) is 0 Å². The van der Waals surface area contributed by atoms with Gasteiger partial charge in [0.15, 0.2) is 0 Å². The third-order valence-corrected chi connectivity index (χ3v) is 4.67. The van der Waals surface area contributed by atoms with Crippen LogP contribution in [0.5, 0.6) is 0 Å². The van der Waals surface area contributed by atoms with Gasteiger partial charge in [0, 0.05) is 16.9 Å². The molecule has 0 aliphatic heterocycles. The standard InChI is InChI=1S/C11H8BrClN2O2S/c12-8-3-1-2-4-10(8)15-18(16,17)11-7-14-6-5-9(11)13/h1-7,15H. The van der Waals surface area contributed by atoms with Gasteiger partial charge in [-0.2, -0.15) is 0 Å². The topological polar surface area (TPSA) is 59.1 Å². The minimum absolute atomic E-state index is 0.0533. The number of hydrogen-bond donors (Lipinski definition) is 1. The molecular weight excluding hydrogens is 340 g/mol. The average Bonchev–Trinajstić information content (AvgIpc) is 2.32. The largest absolute Gasteiger partial charge is 0.278 e. The molecule has 94 valence electrons. The van der Waals surface area contributed by atoms with E-state index in [9.17, 15) is 8.42 Å². The van der Waals surface area contributed by atoms with Crippen molar-refractivity contribution >= 4 is 43.2 Å². The molecule has 0 aliphatic rings. The fourth-order valence-corrected chi connectivity index (χ4v) is 3.33. The lowest BCUT2D eigenvalue weighted by Crippen LogP contribution is -2.14. The first kappa shape index (κ1) is 13.3. The highest BCUT2D eigenvalue weighted by molar-refractivity contribution is 9.10. The van der Waals surface area contributed by atoms with Crippen molar-refractivity contribution in [3.05, 3.63) is 52.2 Å². The predicted molar refractivity (Wildman–Crippen MR) is 74.2 cm³/mol. The lowest BCUT2D eigenvalue weighted by atomic mass is 10.3. The molecule has 0 saturated carbocycles. The lowest BCUT2D eigenvalue weighted by Gasteiger charge is -2.10. The van der Waals surface area contributed by atoms with Crippen LogP contribution in [-0.4, -0.2) is 13.4 Å². The number of pyridine rings is 1. The molecule has 2 aromatic rings. The van der Waals surface area contributed by atoms with Gasteiger partial charge < -0.3 is 0 Å². The molecule has 0 atom stereocenters. The molecule has 4 nitrogen and oxygen atoms in total. The molecule has 7 heteroatoms. The number of para-hydroxylation sites is 1. The number of halogens is 2. The number of benzene rings is 1. The minimum Gasteiger partial charge on any atom is -0.278 e. The number of hydrogen-bond acceptors (Lipinski definition) is 3. The van der Waals surface area contributed by atoms with Crippen LogP contribution in [0.15, 0.2) is 52.1 Å². The fourth-order valence-electron chi connectivity index (χ4n) is 1.30. The highest BCUT2D eigenvalue weighted by atomic mass is 79.9. The molecule has 0 bridgehead atoms. The number of sulfonamides is 1. The van der Waals surface area contributed by atoms with Crippen molar-refractivity contribution in [2.75, 3.05) is 4.72 Å². The van der Waals surface area contributed by atoms with E-state index in [1.54, 1.807) is 24.3 Å². The molecule has 18 heavy (non-hydrogen) atoms. The highest BCUT2D eigenvalue weighted by Gasteiger charge is 2.18. The van der Waals surface area contributed by atoms with Crippen LogP contribution in [-0.2, 0) is 10.0 Å². The van der Waals surface area contributed by atoms with Crippen LogP contribution in [0.1, 0.15) is 0 Å². The monoisotopic (exact) mass is 346 g/mol. The maximum absolute atomic E-state index is 12.1. The molecule has 0 unspecified atom stereocenters. The van der Waals surface area contributed by atoms with E-state index < -0.39 is 10.0 Å². The molecule has 2 rings (SSSR count). The number of nitrogens with one attached hydrogen (secondary N) is 1. The summed E-state index contributed by atoms with van der Waals surface area (Å²) in [5, 5.41) is 0.129. The van der Waals surface area contributed by atoms with Gasteiger partial charge in [-0.05, 0) is 34.1 Å². The summed E-state index contributed by atoms with van der Waals surface area (Å²) in [6.07, 6.45) is 2.64. The van der Waals surface area contributed by atoms with Crippen molar-refractivity contribution in [3.8, 4) is 0 Å². The summed E-state index contributed by atoms with van der Waals surface area (Å²) in [6.45, 7) is 0. The number of anilines is 1. The first-order valence-corrected chi connectivity index (χ1v) is 7.53. The van der Waals surface area contributed by atoms with Gasteiger partial charge in [0.1, 0.15) is 4.90 Å². The van der Waals surface area contributed by atoms with Crippen molar-refractivity contribution in [2.45, 2.75) is 4.90 Å². The molecule has 0 spiro atoms. The quantitative estimate of drug-likeness (QED) is 0.927. The summed E-state index contributed by atoms with van der Waals surface area (Å²) in [5.41, 5.74) is 0.442. The number of rotatable bonds is 3. The van der Waals surface area contributed by atoms with Crippen LogP contribution in [0.25, 0.3) is 0 Å². The first-order chi connectivity index (χ1) is 8.50. The van der Waals surface area contributed by atoms with Gasteiger partial charge in [-0.15, -0.1) is 0 Å². The summed E-state index contributed by atoms with van der Waals surface area (Å²) in [5.74, 6) is 0. The van der Waals surface area contributed by atoms with E-state index in [1.807, 2.05) is 0 Å². The molecule has 0 amide bonds. The highest BCUT2D eigenvalue weighted by Crippen LogP contribution is 2.26. The van der Waals surface area contributed by atoms with Crippen molar-refractivity contribution < 1.29 is 8.42 Å². The Hall–Kier alpha value is -1.11. The lowest BCUT2D eigenvalue weighted by molar-refractivity contribution is 0.601. The Morgan fingerprint density at radius 3 is 2.61 bits per heavy atom. The Balaban J connectivity index is 2.40. The molecule has 0 radical (unpaired) electrons. The molecular formula is C11H8BrClN2O2S. The minimum atomic E-state index is -3.74. The van der Waals surface area contributed by atoms with Gasteiger partial charge in [-0.25, -0.2) is 8.42 Å². The molecule has 1 aromatic carbocycles. The van der Waals surface area contributed by atoms with Gasteiger partial charge in [-0.3, -0.25) is 9.71 Å². The molecule has 1 heterocycles. The van der Waals surface area contributed by atoms with E-state index >= 15 is 0 Å². The van der Waals surface area contributed by atoms with Crippen molar-refractivity contribution in [1.29, 1.82) is 0 Å². The summed E-state index contributed by atoms with van der Waals surface area (Å²) in [6, 6.07) is 8.33. The fraction of sp³-hybridized carbons (Fsp3) is 0.